The average molecular weight is 242 g/mol. The fourth-order valence-corrected chi connectivity index (χ4v) is 2.22. The molecule has 0 atom stereocenters. The molecule has 1 heterocycles. The smallest absolute Gasteiger partial charge is 0.253 e. The number of aromatic nitrogens is 1. The van der Waals surface area contributed by atoms with Crippen LogP contribution in [0.25, 0.3) is 5.69 Å². The Labute approximate surface area is 107 Å². The van der Waals surface area contributed by atoms with Crippen molar-refractivity contribution in [3.63, 3.8) is 0 Å². The fourth-order valence-electron chi connectivity index (χ4n) is 2.22. The van der Waals surface area contributed by atoms with Crippen LogP contribution in [0, 0.1) is 13.8 Å². The van der Waals surface area contributed by atoms with Crippen LogP contribution in [0.2, 0.25) is 0 Å². The van der Waals surface area contributed by atoms with Crippen LogP contribution in [0.1, 0.15) is 28.7 Å². The van der Waals surface area contributed by atoms with Gasteiger partial charge in [0, 0.05) is 23.6 Å². The van der Waals surface area contributed by atoms with E-state index >= 15 is 0 Å². The van der Waals surface area contributed by atoms with Gasteiger partial charge in [0.25, 0.3) is 5.91 Å². The minimum Gasteiger partial charge on any atom is -0.352 e. The molecule has 1 N–H and O–H groups in total. The molecule has 0 fully saturated rings. The molecule has 18 heavy (non-hydrogen) atoms. The number of nitrogens with zero attached hydrogens (tertiary/aromatic N) is 1. The molecule has 0 aliphatic heterocycles. The second-order valence-electron chi connectivity index (χ2n) is 4.32. The maximum absolute atomic E-state index is 11.9. The topological polar surface area (TPSA) is 34.0 Å². The molecule has 0 aliphatic rings. The molecule has 94 valence electrons. The molecule has 0 saturated heterocycles. The van der Waals surface area contributed by atoms with Crippen molar-refractivity contribution < 1.29 is 4.79 Å². The number of carbonyl (C=O) groups excluding carboxylic acids is 1. The summed E-state index contributed by atoms with van der Waals surface area (Å²) in [6.45, 7) is 6.56. The summed E-state index contributed by atoms with van der Waals surface area (Å²) in [7, 11) is 0. The van der Waals surface area contributed by atoms with Crippen molar-refractivity contribution in [3.05, 3.63) is 53.3 Å². The first-order valence-corrected chi connectivity index (χ1v) is 6.17. The Morgan fingerprint density at radius 2 is 1.89 bits per heavy atom. The Morgan fingerprint density at radius 1 is 1.22 bits per heavy atom. The molecule has 2 rings (SSSR count). The van der Waals surface area contributed by atoms with Crippen molar-refractivity contribution in [1.29, 1.82) is 0 Å². The van der Waals surface area contributed by atoms with Gasteiger partial charge in [-0.2, -0.15) is 0 Å². The minimum absolute atomic E-state index is 0.00668. The lowest BCUT2D eigenvalue weighted by Crippen LogP contribution is -2.23. The largest absolute Gasteiger partial charge is 0.352 e. The summed E-state index contributed by atoms with van der Waals surface area (Å²) in [6.07, 6.45) is 0. The summed E-state index contributed by atoms with van der Waals surface area (Å²) in [6, 6.07) is 12.0. The van der Waals surface area contributed by atoms with Crippen LogP contribution in [0.5, 0.6) is 0 Å². The highest BCUT2D eigenvalue weighted by Gasteiger charge is 2.15. The number of benzene rings is 1. The molecule has 1 amide bonds. The maximum atomic E-state index is 11.9. The van der Waals surface area contributed by atoms with Crippen LogP contribution in [0.4, 0.5) is 0 Å². The molecule has 2 aromatic rings. The van der Waals surface area contributed by atoms with Gasteiger partial charge in [0.05, 0.1) is 5.56 Å². The highest BCUT2D eigenvalue weighted by molar-refractivity contribution is 5.95. The van der Waals surface area contributed by atoms with E-state index in [0.717, 1.165) is 22.6 Å². The van der Waals surface area contributed by atoms with E-state index in [1.54, 1.807) is 0 Å². The lowest BCUT2D eigenvalue weighted by atomic mass is 10.2. The first-order chi connectivity index (χ1) is 8.65. The molecular formula is C15H18N2O. The van der Waals surface area contributed by atoms with Crippen molar-refractivity contribution in [1.82, 2.24) is 9.88 Å². The second-order valence-corrected chi connectivity index (χ2v) is 4.32. The van der Waals surface area contributed by atoms with Crippen LogP contribution in [-0.4, -0.2) is 17.0 Å². The lowest BCUT2D eigenvalue weighted by Gasteiger charge is -2.09. The predicted octanol–water partition coefficient (Wildman–Crippen LogP) is 2.84. The molecule has 1 aromatic heterocycles. The van der Waals surface area contributed by atoms with Gasteiger partial charge in [0.15, 0.2) is 0 Å². The zero-order chi connectivity index (χ0) is 13.1. The number of carbonyl (C=O) groups is 1. The van der Waals surface area contributed by atoms with Crippen molar-refractivity contribution >= 4 is 5.91 Å². The summed E-state index contributed by atoms with van der Waals surface area (Å²) in [4.78, 5) is 11.9. The van der Waals surface area contributed by atoms with Crippen LogP contribution >= 0.6 is 0 Å². The van der Waals surface area contributed by atoms with E-state index in [1.165, 1.54) is 0 Å². The van der Waals surface area contributed by atoms with Gasteiger partial charge in [-0.1, -0.05) is 18.2 Å². The molecule has 1 aromatic carbocycles. The summed E-state index contributed by atoms with van der Waals surface area (Å²) >= 11 is 0. The van der Waals surface area contributed by atoms with Gasteiger partial charge in [-0.05, 0) is 39.0 Å². The third-order valence-corrected chi connectivity index (χ3v) is 3.03. The molecule has 0 saturated carbocycles. The summed E-state index contributed by atoms with van der Waals surface area (Å²) in [5.74, 6) is -0.00668. The van der Waals surface area contributed by atoms with Gasteiger partial charge in [-0.3, -0.25) is 4.79 Å². The number of rotatable bonds is 3. The van der Waals surface area contributed by atoms with Gasteiger partial charge >= 0.3 is 0 Å². The minimum atomic E-state index is -0.00668. The summed E-state index contributed by atoms with van der Waals surface area (Å²) in [5, 5.41) is 2.84. The first-order valence-electron chi connectivity index (χ1n) is 6.17. The normalized spacial score (nSPS) is 10.4. The monoisotopic (exact) mass is 242 g/mol. The van der Waals surface area contributed by atoms with Crippen LogP contribution < -0.4 is 5.32 Å². The van der Waals surface area contributed by atoms with E-state index in [1.807, 2.05) is 57.2 Å². The van der Waals surface area contributed by atoms with Gasteiger partial charge in [-0.25, -0.2) is 0 Å². The number of amides is 1. The number of para-hydroxylation sites is 1. The predicted molar refractivity (Wildman–Crippen MR) is 73.3 cm³/mol. The molecule has 0 bridgehead atoms. The zero-order valence-electron chi connectivity index (χ0n) is 11.0. The van der Waals surface area contributed by atoms with E-state index < -0.39 is 0 Å². The quantitative estimate of drug-likeness (QED) is 0.882. The summed E-state index contributed by atoms with van der Waals surface area (Å²) < 4.78 is 2.10. The molecular weight excluding hydrogens is 224 g/mol. The molecule has 0 radical (unpaired) electrons. The van der Waals surface area contributed by atoms with Crippen molar-refractivity contribution in [2.45, 2.75) is 20.8 Å². The lowest BCUT2D eigenvalue weighted by molar-refractivity contribution is 0.0955. The van der Waals surface area contributed by atoms with Gasteiger partial charge in [-0.15, -0.1) is 0 Å². The Morgan fingerprint density at radius 3 is 2.50 bits per heavy atom. The number of hydrogen-bond donors (Lipinski definition) is 1. The van der Waals surface area contributed by atoms with Crippen molar-refractivity contribution in [2.24, 2.45) is 0 Å². The standard InChI is InChI=1S/C15H18N2O/c1-4-16-15(18)14-10-11(2)17(12(14)3)13-8-6-5-7-9-13/h5-10H,4H2,1-3H3,(H,16,18). The van der Waals surface area contributed by atoms with E-state index in [9.17, 15) is 4.79 Å². The Hall–Kier alpha value is -2.03. The van der Waals surface area contributed by atoms with Gasteiger partial charge in [0.1, 0.15) is 0 Å². The SMILES string of the molecule is CCNC(=O)c1cc(C)n(-c2ccccc2)c1C. The van der Waals surface area contributed by atoms with E-state index in [0.29, 0.717) is 6.54 Å². The number of hydrogen-bond acceptors (Lipinski definition) is 1. The average Bonchev–Trinajstić information content (AvgIpc) is 2.66. The van der Waals surface area contributed by atoms with Crippen LogP contribution in [0.3, 0.4) is 0 Å². The number of aryl methyl sites for hydroxylation is 1. The van der Waals surface area contributed by atoms with E-state index in [4.69, 9.17) is 0 Å². The Balaban J connectivity index is 2.48. The molecule has 0 spiro atoms. The molecule has 3 heteroatoms. The summed E-state index contributed by atoms with van der Waals surface area (Å²) in [5.41, 5.74) is 3.88. The highest BCUT2D eigenvalue weighted by Crippen LogP contribution is 2.20. The van der Waals surface area contributed by atoms with E-state index in [2.05, 4.69) is 9.88 Å². The van der Waals surface area contributed by atoms with E-state index in [-0.39, 0.29) is 5.91 Å². The highest BCUT2D eigenvalue weighted by atomic mass is 16.1. The Bertz CT molecular complexity index is 555. The van der Waals surface area contributed by atoms with Crippen molar-refractivity contribution in [2.75, 3.05) is 6.54 Å². The third-order valence-electron chi connectivity index (χ3n) is 3.03. The molecule has 0 unspecified atom stereocenters. The van der Waals surface area contributed by atoms with Crippen LogP contribution in [0.15, 0.2) is 36.4 Å². The van der Waals surface area contributed by atoms with Gasteiger partial charge < -0.3 is 9.88 Å². The second kappa shape index (κ2) is 5.08. The zero-order valence-corrected chi connectivity index (χ0v) is 11.0. The molecule has 3 nitrogen and oxygen atoms in total. The van der Waals surface area contributed by atoms with Crippen LogP contribution in [-0.2, 0) is 0 Å². The maximum Gasteiger partial charge on any atom is 0.253 e. The Kier molecular flexibility index (Phi) is 3.51. The third kappa shape index (κ3) is 2.16. The van der Waals surface area contributed by atoms with Gasteiger partial charge in [0.2, 0.25) is 0 Å². The number of nitrogens with one attached hydrogen (secondary N) is 1. The fraction of sp³-hybridized carbons (Fsp3) is 0.267. The first kappa shape index (κ1) is 12.4. The van der Waals surface area contributed by atoms with Crippen molar-refractivity contribution in [3.8, 4) is 5.69 Å². The molecule has 0 aliphatic carbocycles.